The molecule has 3 aliphatic rings. The minimum Gasteiger partial charge on any atom is -0.481 e. The highest BCUT2D eigenvalue weighted by Gasteiger charge is 2.58. The van der Waals surface area contributed by atoms with Gasteiger partial charge in [-0.05, 0) is 48.9 Å². The number of carboxylic acids is 1. The van der Waals surface area contributed by atoms with Gasteiger partial charge in [0.1, 0.15) is 6.10 Å². The summed E-state index contributed by atoms with van der Waals surface area (Å²) in [5.41, 5.74) is 1.34. The number of aliphatic hydroxyl groups excluding tert-OH is 2. The molecule has 28 heavy (non-hydrogen) atoms. The smallest absolute Gasteiger partial charge is 0.303 e. The number of carbonyl (C=O) groups is 1. The van der Waals surface area contributed by atoms with Gasteiger partial charge >= 0.3 is 5.97 Å². The zero-order valence-electron chi connectivity index (χ0n) is 17.4. The number of rotatable bonds is 5. The van der Waals surface area contributed by atoms with Crippen LogP contribution in [-0.2, 0) is 4.79 Å². The van der Waals surface area contributed by atoms with Crippen molar-refractivity contribution in [3.63, 3.8) is 0 Å². The van der Waals surface area contributed by atoms with Gasteiger partial charge in [-0.2, -0.15) is 0 Å². The van der Waals surface area contributed by atoms with Crippen molar-refractivity contribution in [3.8, 4) is 11.8 Å². The van der Waals surface area contributed by atoms with Gasteiger partial charge < -0.3 is 15.3 Å². The molecular weight excluding hydrogens is 352 g/mol. The van der Waals surface area contributed by atoms with Gasteiger partial charge in [0, 0.05) is 6.42 Å². The molecule has 0 heterocycles. The number of allylic oxidation sites excluding steroid dienone is 2. The average Bonchev–Trinajstić information content (AvgIpc) is 2.66. The van der Waals surface area contributed by atoms with Crippen molar-refractivity contribution in [3.05, 3.63) is 11.6 Å². The summed E-state index contributed by atoms with van der Waals surface area (Å²) in [5, 5.41) is 29.9. The molecule has 3 saturated carbocycles. The topological polar surface area (TPSA) is 77.8 Å². The number of hydrogen-bond acceptors (Lipinski definition) is 3. The molecule has 0 radical (unpaired) electrons. The third kappa shape index (κ3) is 4.47. The van der Waals surface area contributed by atoms with E-state index in [-0.39, 0.29) is 23.7 Å². The summed E-state index contributed by atoms with van der Waals surface area (Å²) in [6, 6.07) is 0. The van der Waals surface area contributed by atoms with Crippen LogP contribution in [0.1, 0.15) is 78.1 Å². The van der Waals surface area contributed by atoms with E-state index in [0.717, 1.165) is 12.8 Å². The Morgan fingerprint density at radius 1 is 1.29 bits per heavy atom. The lowest BCUT2D eigenvalue weighted by Crippen LogP contribution is -2.56. The molecule has 0 spiro atoms. The minimum atomic E-state index is -0.764. The van der Waals surface area contributed by atoms with Gasteiger partial charge in [0.25, 0.3) is 0 Å². The highest BCUT2D eigenvalue weighted by atomic mass is 16.4. The summed E-state index contributed by atoms with van der Waals surface area (Å²) in [6.07, 6.45) is 10.4. The molecule has 3 rings (SSSR count). The van der Waals surface area contributed by atoms with Crippen molar-refractivity contribution >= 4 is 5.97 Å². The lowest BCUT2D eigenvalue weighted by Gasteiger charge is -2.61. The van der Waals surface area contributed by atoms with Crippen LogP contribution in [0.4, 0.5) is 0 Å². The first-order valence-electron chi connectivity index (χ1n) is 11.1. The molecule has 2 unspecified atom stereocenters. The first-order valence-corrected chi connectivity index (χ1v) is 11.1. The third-order valence-corrected chi connectivity index (χ3v) is 7.61. The first kappa shape index (κ1) is 21.4. The van der Waals surface area contributed by atoms with E-state index in [2.05, 4.69) is 31.8 Å². The van der Waals surface area contributed by atoms with Crippen molar-refractivity contribution < 1.29 is 20.1 Å². The third-order valence-electron chi connectivity index (χ3n) is 7.61. The molecule has 0 amide bonds. The van der Waals surface area contributed by atoms with Crippen LogP contribution in [0.3, 0.4) is 0 Å². The summed E-state index contributed by atoms with van der Waals surface area (Å²) in [4.78, 5) is 10.8. The van der Waals surface area contributed by atoms with E-state index in [1.54, 1.807) is 0 Å². The second-order valence-corrected chi connectivity index (χ2v) is 9.50. The zero-order chi connectivity index (χ0) is 20.3. The van der Waals surface area contributed by atoms with Crippen molar-refractivity contribution in [1.82, 2.24) is 0 Å². The van der Waals surface area contributed by atoms with Crippen LogP contribution in [0.25, 0.3) is 0 Å². The second kappa shape index (κ2) is 9.01. The quantitative estimate of drug-likeness (QED) is 0.488. The second-order valence-electron chi connectivity index (χ2n) is 9.50. The lowest BCUT2D eigenvalue weighted by molar-refractivity contribution is -0.136. The first-order chi connectivity index (χ1) is 13.3. The van der Waals surface area contributed by atoms with Gasteiger partial charge in [-0.1, -0.05) is 69.4 Å². The van der Waals surface area contributed by atoms with E-state index in [9.17, 15) is 15.0 Å². The van der Waals surface area contributed by atoms with E-state index in [0.29, 0.717) is 24.7 Å². The molecule has 156 valence electrons. The Morgan fingerprint density at radius 3 is 2.68 bits per heavy atom. The lowest BCUT2D eigenvalue weighted by atomic mass is 9.43. The van der Waals surface area contributed by atoms with Gasteiger partial charge in [-0.25, -0.2) is 0 Å². The van der Waals surface area contributed by atoms with Crippen LogP contribution < -0.4 is 0 Å². The van der Waals surface area contributed by atoms with E-state index in [1.807, 2.05) is 0 Å². The molecule has 3 N–H and O–H groups in total. The van der Waals surface area contributed by atoms with E-state index >= 15 is 0 Å². The molecule has 0 aromatic carbocycles. The molecule has 0 aromatic rings. The van der Waals surface area contributed by atoms with Crippen LogP contribution in [0.5, 0.6) is 0 Å². The molecule has 4 nitrogen and oxygen atoms in total. The summed E-state index contributed by atoms with van der Waals surface area (Å²) in [6.45, 7) is 4.41. The number of fused-ring (bicyclic) bond motifs is 1. The molecule has 0 aromatic heterocycles. The Morgan fingerprint density at radius 2 is 2.00 bits per heavy atom. The van der Waals surface area contributed by atoms with Crippen LogP contribution in [-0.4, -0.2) is 33.5 Å². The SMILES string of the molecule is CC1C(=CCCC(=O)O)[C@@]2(C)CC[C@@H](O)[C@H](C#CC(O)CC3CCCCC3)[C@@H]12. The van der Waals surface area contributed by atoms with Gasteiger partial charge in [-0.15, -0.1) is 0 Å². The number of aliphatic hydroxyl groups is 2. The van der Waals surface area contributed by atoms with E-state index in [1.165, 1.54) is 37.7 Å². The molecular formula is C24H36O4. The Labute approximate surface area is 169 Å². The number of carboxylic acid groups (broad SMARTS) is 1. The normalized spacial score (nSPS) is 38.1. The molecule has 3 fully saturated rings. The Balaban J connectivity index is 1.66. The summed E-state index contributed by atoms with van der Waals surface area (Å²) >= 11 is 0. The predicted molar refractivity (Wildman–Crippen MR) is 109 cm³/mol. The van der Waals surface area contributed by atoms with Gasteiger partial charge in [-0.3, -0.25) is 4.79 Å². The van der Waals surface area contributed by atoms with Crippen molar-refractivity contribution in [1.29, 1.82) is 0 Å². The van der Waals surface area contributed by atoms with Crippen LogP contribution in [0.15, 0.2) is 11.6 Å². The maximum absolute atomic E-state index is 10.8. The van der Waals surface area contributed by atoms with Crippen molar-refractivity contribution in [2.45, 2.75) is 90.3 Å². The molecule has 4 heteroatoms. The number of aliphatic carboxylic acids is 1. The maximum atomic E-state index is 10.8. The van der Waals surface area contributed by atoms with Crippen molar-refractivity contribution in [2.75, 3.05) is 0 Å². The molecule has 6 atom stereocenters. The molecule has 3 aliphatic carbocycles. The van der Waals surface area contributed by atoms with Crippen LogP contribution in [0, 0.1) is 40.9 Å². The zero-order valence-corrected chi connectivity index (χ0v) is 17.4. The molecule has 0 bridgehead atoms. The van der Waals surface area contributed by atoms with Crippen LogP contribution >= 0.6 is 0 Å². The van der Waals surface area contributed by atoms with E-state index in [4.69, 9.17) is 5.11 Å². The predicted octanol–water partition coefficient (Wildman–Crippen LogP) is 4.16. The molecule has 0 aliphatic heterocycles. The maximum Gasteiger partial charge on any atom is 0.303 e. The Hall–Kier alpha value is -1.31. The van der Waals surface area contributed by atoms with Gasteiger partial charge in [0.2, 0.25) is 0 Å². The summed E-state index contributed by atoms with van der Waals surface area (Å²) in [7, 11) is 0. The van der Waals surface area contributed by atoms with Crippen LogP contribution in [0.2, 0.25) is 0 Å². The Bertz CT molecular complexity index is 651. The highest BCUT2D eigenvalue weighted by Crippen LogP contribution is 2.64. The average molecular weight is 389 g/mol. The Kier molecular flexibility index (Phi) is 6.89. The summed E-state index contributed by atoms with van der Waals surface area (Å²) < 4.78 is 0. The van der Waals surface area contributed by atoms with E-state index < -0.39 is 18.2 Å². The fourth-order valence-corrected chi connectivity index (χ4v) is 6.19. The minimum absolute atomic E-state index is 0.00478. The van der Waals surface area contributed by atoms with Gasteiger partial charge in [0.05, 0.1) is 12.0 Å². The fourth-order valence-electron chi connectivity index (χ4n) is 6.19. The number of hydrogen-bond donors (Lipinski definition) is 3. The van der Waals surface area contributed by atoms with Gasteiger partial charge in [0.15, 0.2) is 0 Å². The fraction of sp³-hybridized carbons (Fsp3) is 0.792. The molecule has 0 saturated heterocycles. The van der Waals surface area contributed by atoms with Crippen molar-refractivity contribution in [2.24, 2.45) is 29.1 Å². The standard InChI is InChI=1S/C24H36O4/c1-16-20(9-6-10-22(27)28)24(2)14-13-21(26)19(23(16)24)12-11-18(25)15-17-7-4-3-5-8-17/h9,16-19,21,23,25-26H,3-8,10,13-15H2,1-2H3,(H,27,28)/t16?,18?,19-,21+,23+,24+/m0/s1. The largest absolute Gasteiger partial charge is 0.481 e. The highest BCUT2D eigenvalue weighted by molar-refractivity contribution is 5.66. The summed E-state index contributed by atoms with van der Waals surface area (Å²) in [5.74, 6) is 6.65. The monoisotopic (exact) mass is 388 g/mol.